The molecule has 1 amide bonds. The van der Waals surface area contributed by atoms with Gasteiger partial charge in [-0.3, -0.25) is 4.79 Å². The van der Waals surface area contributed by atoms with Crippen LogP contribution in [0.4, 0.5) is 5.69 Å². The second-order valence-electron chi connectivity index (χ2n) is 5.76. The first-order valence-electron chi connectivity index (χ1n) is 7.94. The normalized spacial score (nSPS) is 12.2. The zero-order chi connectivity index (χ0) is 17.1. The lowest BCUT2D eigenvalue weighted by atomic mass is 10.1. The number of carbonyl (C=O) groups excluding carboxylic acids is 1. The van der Waals surface area contributed by atoms with Crippen molar-refractivity contribution in [2.75, 3.05) is 5.32 Å². The van der Waals surface area contributed by atoms with Crippen molar-refractivity contribution in [1.29, 1.82) is 0 Å². The quantitative estimate of drug-likeness (QED) is 0.588. The number of H-pyrrole nitrogens is 1. The van der Waals surface area contributed by atoms with E-state index in [1.165, 1.54) is 11.0 Å². The Bertz CT molecular complexity index is 977. The molecule has 0 radical (unpaired) electrons. The average molecular weight is 332 g/mol. The van der Waals surface area contributed by atoms with E-state index < -0.39 is 6.04 Å². The molecule has 0 saturated heterocycles. The molecule has 0 bridgehead atoms. The molecule has 0 fully saturated rings. The van der Waals surface area contributed by atoms with E-state index in [0.29, 0.717) is 6.42 Å². The van der Waals surface area contributed by atoms with E-state index in [4.69, 9.17) is 0 Å². The second-order valence-corrected chi connectivity index (χ2v) is 5.76. The molecule has 2 aromatic heterocycles. The maximum absolute atomic E-state index is 12.9. The van der Waals surface area contributed by atoms with Gasteiger partial charge in [0.05, 0.1) is 0 Å². The summed E-state index contributed by atoms with van der Waals surface area (Å²) in [6.45, 7) is 0. The zero-order valence-electron chi connectivity index (χ0n) is 13.3. The van der Waals surface area contributed by atoms with E-state index in [9.17, 15) is 4.79 Å². The van der Waals surface area contributed by atoms with E-state index in [2.05, 4.69) is 25.8 Å². The molecule has 0 aliphatic heterocycles. The molecule has 25 heavy (non-hydrogen) atoms. The minimum atomic E-state index is -0.531. The fourth-order valence-electron chi connectivity index (χ4n) is 2.81. The molecule has 7 nitrogen and oxygen atoms in total. The van der Waals surface area contributed by atoms with Gasteiger partial charge in [0.15, 0.2) is 0 Å². The van der Waals surface area contributed by atoms with Crippen LogP contribution in [0.5, 0.6) is 0 Å². The Morgan fingerprint density at radius 2 is 2.04 bits per heavy atom. The second kappa shape index (κ2) is 6.56. The highest BCUT2D eigenvalue weighted by Crippen LogP contribution is 2.20. The van der Waals surface area contributed by atoms with Crippen molar-refractivity contribution in [3.05, 3.63) is 72.7 Å². The summed E-state index contributed by atoms with van der Waals surface area (Å²) in [5.41, 5.74) is 2.74. The molecule has 2 N–H and O–H groups in total. The molecule has 0 spiro atoms. The number of hydrogen-bond acceptors (Lipinski definition) is 4. The Morgan fingerprint density at radius 1 is 1.16 bits per heavy atom. The maximum atomic E-state index is 12.9. The van der Waals surface area contributed by atoms with Crippen molar-refractivity contribution in [2.24, 2.45) is 0 Å². The van der Waals surface area contributed by atoms with Crippen LogP contribution in [0.25, 0.3) is 10.9 Å². The van der Waals surface area contributed by atoms with Crippen LogP contribution in [-0.2, 0) is 11.2 Å². The molecule has 0 saturated carbocycles. The minimum Gasteiger partial charge on any atom is -0.361 e. The predicted molar refractivity (Wildman–Crippen MR) is 93.9 cm³/mol. The first-order chi connectivity index (χ1) is 12.3. The Kier molecular flexibility index (Phi) is 3.96. The van der Waals surface area contributed by atoms with Crippen LogP contribution in [0.1, 0.15) is 11.6 Å². The van der Waals surface area contributed by atoms with Crippen molar-refractivity contribution in [2.45, 2.75) is 12.5 Å². The molecule has 1 unspecified atom stereocenters. The van der Waals surface area contributed by atoms with Crippen molar-refractivity contribution in [1.82, 2.24) is 25.2 Å². The molecular weight excluding hydrogens is 316 g/mol. The molecule has 4 rings (SSSR count). The number of amides is 1. The number of nitrogens with zero attached hydrogens (tertiary/aromatic N) is 4. The predicted octanol–water partition coefficient (Wildman–Crippen LogP) is 2.58. The van der Waals surface area contributed by atoms with Gasteiger partial charge < -0.3 is 10.3 Å². The highest BCUT2D eigenvalue weighted by molar-refractivity contribution is 5.96. The van der Waals surface area contributed by atoms with Crippen LogP contribution in [0.2, 0.25) is 0 Å². The van der Waals surface area contributed by atoms with E-state index in [1.54, 1.807) is 0 Å². The molecule has 4 aromatic rings. The van der Waals surface area contributed by atoms with Gasteiger partial charge in [0.2, 0.25) is 5.91 Å². The standard InChI is InChI=1S/C18H16N6O/c25-18(21-15-7-6-14-8-9-19-16(14)11-15)17(24-12-20-22-23-24)10-13-4-2-1-3-5-13/h1-9,11-12,17,19H,10H2,(H,21,25). The summed E-state index contributed by atoms with van der Waals surface area (Å²) < 4.78 is 1.48. The van der Waals surface area contributed by atoms with Crippen LogP contribution in [0.15, 0.2) is 67.1 Å². The highest BCUT2D eigenvalue weighted by atomic mass is 16.2. The SMILES string of the molecule is O=C(Nc1ccc2cc[nH]c2c1)C(Cc1ccccc1)n1cnnn1. The van der Waals surface area contributed by atoms with Crippen LogP contribution in [0.3, 0.4) is 0 Å². The number of hydrogen-bond donors (Lipinski definition) is 2. The lowest BCUT2D eigenvalue weighted by molar-refractivity contribution is -0.119. The first kappa shape index (κ1) is 15.1. The molecular formula is C18H16N6O. The fraction of sp³-hybridized carbons (Fsp3) is 0.111. The summed E-state index contributed by atoms with van der Waals surface area (Å²) in [6.07, 6.45) is 3.83. The zero-order valence-corrected chi connectivity index (χ0v) is 13.3. The van der Waals surface area contributed by atoms with Crippen LogP contribution < -0.4 is 5.32 Å². The number of anilines is 1. The van der Waals surface area contributed by atoms with Gasteiger partial charge in [-0.05, 0) is 39.6 Å². The van der Waals surface area contributed by atoms with Crippen LogP contribution >= 0.6 is 0 Å². The minimum absolute atomic E-state index is 0.165. The Labute approximate surface area is 143 Å². The van der Waals surface area contributed by atoms with Crippen molar-refractivity contribution in [3.8, 4) is 0 Å². The van der Waals surface area contributed by atoms with E-state index in [0.717, 1.165) is 22.2 Å². The van der Waals surface area contributed by atoms with Gasteiger partial charge in [0, 0.05) is 23.8 Å². The third-order valence-electron chi connectivity index (χ3n) is 4.08. The van der Waals surface area contributed by atoms with Gasteiger partial charge in [-0.1, -0.05) is 36.4 Å². The summed E-state index contributed by atoms with van der Waals surface area (Å²) in [5, 5.41) is 15.3. The summed E-state index contributed by atoms with van der Waals surface area (Å²) in [5.74, 6) is -0.165. The number of tetrazole rings is 1. The third-order valence-corrected chi connectivity index (χ3v) is 4.08. The largest absolute Gasteiger partial charge is 0.361 e. The number of rotatable bonds is 5. The molecule has 2 aromatic carbocycles. The number of aromatic nitrogens is 5. The number of aromatic amines is 1. The van der Waals surface area contributed by atoms with Crippen LogP contribution in [-0.4, -0.2) is 31.1 Å². The lowest BCUT2D eigenvalue weighted by Crippen LogP contribution is -2.28. The molecule has 124 valence electrons. The maximum Gasteiger partial charge on any atom is 0.249 e. The van der Waals surface area contributed by atoms with Gasteiger partial charge >= 0.3 is 0 Å². The summed E-state index contributed by atoms with van der Waals surface area (Å²) in [6, 6.07) is 17.0. The van der Waals surface area contributed by atoms with Crippen molar-refractivity contribution in [3.63, 3.8) is 0 Å². The molecule has 1 atom stereocenters. The fourth-order valence-corrected chi connectivity index (χ4v) is 2.81. The average Bonchev–Trinajstić information content (AvgIpc) is 3.31. The van der Waals surface area contributed by atoms with Gasteiger partial charge in [-0.2, -0.15) is 0 Å². The molecule has 0 aliphatic rings. The Balaban J connectivity index is 1.58. The number of carbonyl (C=O) groups is 1. The molecule has 7 heteroatoms. The lowest BCUT2D eigenvalue weighted by Gasteiger charge is -2.16. The summed E-state index contributed by atoms with van der Waals surface area (Å²) in [4.78, 5) is 16.0. The van der Waals surface area contributed by atoms with Gasteiger partial charge in [0.25, 0.3) is 0 Å². The topological polar surface area (TPSA) is 88.5 Å². The Hall–Kier alpha value is -3.48. The molecule has 2 heterocycles. The monoisotopic (exact) mass is 332 g/mol. The van der Waals surface area contributed by atoms with E-state index in [-0.39, 0.29) is 5.91 Å². The van der Waals surface area contributed by atoms with Gasteiger partial charge in [-0.15, -0.1) is 5.10 Å². The van der Waals surface area contributed by atoms with E-state index in [1.807, 2.05) is 60.8 Å². The van der Waals surface area contributed by atoms with E-state index >= 15 is 0 Å². The molecule has 0 aliphatic carbocycles. The number of nitrogens with one attached hydrogen (secondary N) is 2. The van der Waals surface area contributed by atoms with Crippen LogP contribution in [0, 0.1) is 0 Å². The number of fused-ring (bicyclic) bond motifs is 1. The highest BCUT2D eigenvalue weighted by Gasteiger charge is 2.22. The van der Waals surface area contributed by atoms with Crippen molar-refractivity contribution >= 4 is 22.5 Å². The first-order valence-corrected chi connectivity index (χ1v) is 7.94. The summed E-state index contributed by atoms with van der Waals surface area (Å²) >= 11 is 0. The summed E-state index contributed by atoms with van der Waals surface area (Å²) in [7, 11) is 0. The van der Waals surface area contributed by atoms with Gasteiger partial charge in [-0.25, -0.2) is 4.68 Å². The Morgan fingerprint density at radius 3 is 2.84 bits per heavy atom. The number of benzene rings is 2. The smallest absolute Gasteiger partial charge is 0.249 e. The van der Waals surface area contributed by atoms with Gasteiger partial charge in [0.1, 0.15) is 12.4 Å². The van der Waals surface area contributed by atoms with Crippen molar-refractivity contribution < 1.29 is 4.79 Å². The third kappa shape index (κ3) is 3.25.